The molecular formula is C8H13NS. The summed E-state index contributed by atoms with van der Waals surface area (Å²) < 4.78 is -0.0417. The van der Waals surface area contributed by atoms with Crippen molar-refractivity contribution in [3.8, 4) is 6.07 Å². The Bertz CT molecular complexity index is 161. The highest BCUT2D eigenvalue weighted by atomic mass is 32.2. The summed E-state index contributed by atoms with van der Waals surface area (Å²) in [6.45, 7) is 2.19. The Morgan fingerprint density at radius 3 is 2.60 bits per heavy atom. The molecule has 0 aromatic heterocycles. The third kappa shape index (κ3) is 1.03. The second-order valence-electron chi connectivity index (χ2n) is 3.00. The predicted molar refractivity (Wildman–Crippen MR) is 44.9 cm³/mol. The van der Waals surface area contributed by atoms with Crippen molar-refractivity contribution in [3.05, 3.63) is 0 Å². The quantitative estimate of drug-likeness (QED) is 0.580. The second kappa shape index (κ2) is 2.84. The van der Waals surface area contributed by atoms with E-state index in [1.54, 1.807) is 11.8 Å². The van der Waals surface area contributed by atoms with Crippen LogP contribution in [0.4, 0.5) is 0 Å². The van der Waals surface area contributed by atoms with Gasteiger partial charge < -0.3 is 0 Å². The van der Waals surface area contributed by atoms with Crippen molar-refractivity contribution in [1.29, 1.82) is 5.26 Å². The van der Waals surface area contributed by atoms with Crippen molar-refractivity contribution in [2.24, 2.45) is 5.92 Å². The van der Waals surface area contributed by atoms with Crippen LogP contribution >= 0.6 is 11.8 Å². The van der Waals surface area contributed by atoms with Crippen LogP contribution in [0.2, 0.25) is 0 Å². The third-order valence-corrected chi connectivity index (χ3v) is 3.96. The van der Waals surface area contributed by atoms with Crippen LogP contribution in [0.3, 0.4) is 0 Å². The van der Waals surface area contributed by atoms with Crippen LogP contribution in [0.25, 0.3) is 0 Å². The van der Waals surface area contributed by atoms with Gasteiger partial charge in [-0.25, -0.2) is 0 Å². The molecule has 0 amide bonds. The molecule has 0 bridgehead atoms. The standard InChI is InChI=1S/C8H13NS/c1-7-4-3-5-8(7,6-9)10-2/h7H,3-5H2,1-2H3. The van der Waals surface area contributed by atoms with Crippen molar-refractivity contribution in [1.82, 2.24) is 0 Å². The number of hydrogen-bond donors (Lipinski definition) is 0. The number of rotatable bonds is 1. The van der Waals surface area contributed by atoms with Crippen LogP contribution in [0.1, 0.15) is 26.2 Å². The fourth-order valence-corrected chi connectivity index (χ4v) is 2.63. The van der Waals surface area contributed by atoms with Crippen LogP contribution in [0.5, 0.6) is 0 Å². The van der Waals surface area contributed by atoms with Crippen molar-refractivity contribution >= 4 is 11.8 Å². The molecule has 2 unspecified atom stereocenters. The van der Waals surface area contributed by atoms with E-state index in [2.05, 4.69) is 13.0 Å². The molecule has 1 nitrogen and oxygen atoms in total. The lowest BCUT2D eigenvalue weighted by Gasteiger charge is -2.22. The zero-order valence-corrected chi connectivity index (χ0v) is 7.37. The summed E-state index contributed by atoms with van der Waals surface area (Å²) >= 11 is 1.73. The largest absolute Gasteiger partial charge is 0.197 e. The molecule has 10 heavy (non-hydrogen) atoms. The summed E-state index contributed by atoms with van der Waals surface area (Å²) in [7, 11) is 0. The number of thioether (sulfide) groups is 1. The monoisotopic (exact) mass is 155 g/mol. The zero-order valence-electron chi connectivity index (χ0n) is 6.55. The van der Waals surface area contributed by atoms with E-state index in [1.165, 1.54) is 12.8 Å². The van der Waals surface area contributed by atoms with Crippen LogP contribution in [0, 0.1) is 17.2 Å². The Morgan fingerprint density at radius 2 is 2.40 bits per heavy atom. The van der Waals surface area contributed by atoms with Gasteiger partial charge in [0.1, 0.15) is 4.75 Å². The maximum absolute atomic E-state index is 8.92. The highest BCUT2D eigenvalue weighted by Gasteiger charge is 2.39. The molecule has 0 saturated heterocycles. The summed E-state index contributed by atoms with van der Waals surface area (Å²) in [6, 6.07) is 2.44. The van der Waals surface area contributed by atoms with Gasteiger partial charge in [0, 0.05) is 0 Å². The van der Waals surface area contributed by atoms with Gasteiger partial charge in [0.2, 0.25) is 0 Å². The molecule has 56 valence electrons. The Labute approximate surface area is 66.8 Å². The molecule has 1 fully saturated rings. The normalized spacial score (nSPS) is 39.5. The van der Waals surface area contributed by atoms with E-state index in [0.29, 0.717) is 5.92 Å². The Kier molecular flexibility index (Phi) is 2.25. The molecule has 1 aliphatic rings. The van der Waals surface area contributed by atoms with Gasteiger partial charge in [0.15, 0.2) is 0 Å². The summed E-state index contributed by atoms with van der Waals surface area (Å²) in [4.78, 5) is 0. The maximum Gasteiger partial charge on any atom is 0.105 e. The Morgan fingerprint density at radius 1 is 1.70 bits per heavy atom. The van der Waals surface area contributed by atoms with E-state index in [-0.39, 0.29) is 4.75 Å². The van der Waals surface area contributed by atoms with Crippen molar-refractivity contribution in [3.63, 3.8) is 0 Å². The molecule has 1 rings (SSSR count). The first kappa shape index (κ1) is 7.94. The van der Waals surface area contributed by atoms with Gasteiger partial charge in [-0.2, -0.15) is 5.26 Å². The molecule has 0 spiro atoms. The number of nitrogens with zero attached hydrogens (tertiary/aromatic N) is 1. The van der Waals surface area contributed by atoms with Gasteiger partial charge in [-0.1, -0.05) is 13.3 Å². The summed E-state index contributed by atoms with van der Waals surface area (Å²) in [5.41, 5.74) is 0. The fourth-order valence-electron chi connectivity index (χ4n) is 1.67. The maximum atomic E-state index is 8.92. The molecule has 0 heterocycles. The van der Waals surface area contributed by atoms with Crippen molar-refractivity contribution < 1.29 is 0 Å². The topological polar surface area (TPSA) is 23.8 Å². The van der Waals surface area contributed by atoms with Gasteiger partial charge in [-0.05, 0) is 25.0 Å². The van der Waals surface area contributed by atoms with Crippen LogP contribution < -0.4 is 0 Å². The fraction of sp³-hybridized carbons (Fsp3) is 0.875. The van der Waals surface area contributed by atoms with E-state index in [4.69, 9.17) is 5.26 Å². The first-order chi connectivity index (χ1) is 4.75. The summed E-state index contributed by atoms with van der Waals surface area (Å²) in [5.74, 6) is 0.590. The second-order valence-corrected chi connectivity index (χ2v) is 4.14. The predicted octanol–water partition coefficient (Wildman–Crippen LogP) is 2.43. The van der Waals surface area contributed by atoms with Crippen LogP contribution in [-0.2, 0) is 0 Å². The summed E-state index contributed by atoms with van der Waals surface area (Å²) in [6.07, 6.45) is 5.60. The smallest absolute Gasteiger partial charge is 0.105 e. The molecule has 1 aliphatic carbocycles. The van der Waals surface area contributed by atoms with Crippen molar-refractivity contribution in [2.45, 2.75) is 30.9 Å². The van der Waals surface area contributed by atoms with E-state index in [0.717, 1.165) is 6.42 Å². The van der Waals surface area contributed by atoms with E-state index >= 15 is 0 Å². The number of hydrogen-bond acceptors (Lipinski definition) is 2. The first-order valence-corrected chi connectivity index (χ1v) is 4.94. The van der Waals surface area contributed by atoms with Gasteiger partial charge in [0.05, 0.1) is 6.07 Å². The van der Waals surface area contributed by atoms with Gasteiger partial charge >= 0.3 is 0 Å². The van der Waals surface area contributed by atoms with Gasteiger partial charge in [-0.15, -0.1) is 11.8 Å². The van der Waals surface area contributed by atoms with Gasteiger partial charge in [-0.3, -0.25) is 0 Å². The molecule has 0 N–H and O–H groups in total. The molecular weight excluding hydrogens is 142 g/mol. The molecule has 0 radical (unpaired) electrons. The Balaban J connectivity index is 2.74. The molecule has 0 aromatic carbocycles. The van der Waals surface area contributed by atoms with Crippen LogP contribution in [-0.4, -0.2) is 11.0 Å². The average Bonchev–Trinajstić information content (AvgIpc) is 2.32. The summed E-state index contributed by atoms with van der Waals surface area (Å²) in [5, 5.41) is 8.92. The lowest BCUT2D eigenvalue weighted by molar-refractivity contribution is 0.555. The first-order valence-electron chi connectivity index (χ1n) is 3.71. The number of nitriles is 1. The lowest BCUT2D eigenvalue weighted by Crippen LogP contribution is -2.24. The molecule has 0 aromatic rings. The molecule has 2 heteroatoms. The van der Waals surface area contributed by atoms with Gasteiger partial charge in [0.25, 0.3) is 0 Å². The highest BCUT2D eigenvalue weighted by molar-refractivity contribution is 8.00. The minimum atomic E-state index is -0.0417. The minimum absolute atomic E-state index is 0.0417. The van der Waals surface area contributed by atoms with Crippen molar-refractivity contribution in [2.75, 3.05) is 6.26 Å². The molecule has 0 aliphatic heterocycles. The van der Waals surface area contributed by atoms with Crippen LogP contribution in [0.15, 0.2) is 0 Å². The molecule has 2 atom stereocenters. The zero-order chi connectivity index (χ0) is 7.61. The van der Waals surface area contributed by atoms with E-state index < -0.39 is 0 Å². The Hall–Kier alpha value is -0.160. The minimum Gasteiger partial charge on any atom is -0.197 e. The lowest BCUT2D eigenvalue weighted by atomic mass is 9.99. The van der Waals surface area contributed by atoms with E-state index in [1.807, 2.05) is 6.26 Å². The average molecular weight is 155 g/mol. The SMILES string of the molecule is CSC1(C#N)CCCC1C. The van der Waals surface area contributed by atoms with E-state index in [9.17, 15) is 0 Å². The molecule has 1 saturated carbocycles. The third-order valence-electron chi connectivity index (χ3n) is 2.53. The highest BCUT2D eigenvalue weighted by Crippen LogP contribution is 2.43.